The molecular formula is C19H19N3O3. The summed E-state index contributed by atoms with van der Waals surface area (Å²) in [5.74, 6) is 0.438. The fraction of sp³-hybridized carbons (Fsp3) is 0.211. The van der Waals surface area contributed by atoms with Gasteiger partial charge in [0.2, 0.25) is 0 Å². The number of aryl methyl sites for hydroxylation is 1. The zero-order valence-electron chi connectivity index (χ0n) is 13.9. The highest BCUT2D eigenvalue weighted by molar-refractivity contribution is 5.88. The van der Waals surface area contributed by atoms with Crippen molar-refractivity contribution in [2.24, 2.45) is 0 Å². The zero-order chi connectivity index (χ0) is 17.6. The maximum atomic E-state index is 11.9. The Morgan fingerprint density at radius 2 is 2.00 bits per heavy atom. The van der Waals surface area contributed by atoms with E-state index in [4.69, 9.17) is 4.74 Å². The average molecular weight is 337 g/mol. The molecule has 1 N–H and O–H groups in total. The van der Waals surface area contributed by atoms with Crippen molar-refractivity contribution in [3.8, 4) is 5.75 Å². The molecule has 1 aromatic heterocycles. The van der Waals surface area contributed by atoms with Crippen molar-refractivity contribution in [1.82, 2.24) is 14.9 Å². The maximum absolute atomic E-state index is 11.9. The lowest BCUT2D eigenvalue weighted by atomic mass is 10.1. The summed E-state index contributed by atoms with van der Waals surface area (Å²) in [5, 5.41) is 4.77. The third-order valence-electron chi connectivity index (χ3n) is 3.80. The van der Waals surface area contributed by atoms with E-state index < -0.39 is 0 Å². The van der Waals surface area contributed by atoms with E-state index in [0.717, 1.165) is 10.8 Å². The predicted molar refractivity (Wildman–Crippen MR) is 95.7 cm³/mol. The summed E-state index contributed by atoms with van der Waals surface area (Å²) in [5.41, 5.74) is 0.544. The van der Waals surface area contributed by atoms with Crippen molar-refractivity contribution < 1.29 is 9.53 Å². The quantitative estimate of drug-likeness (QED) is 0.746. The van der Waals surface area contributed by atoms with E-state index in [-0.39, 0.29) is 18.1 Å². The van der Waals surface area contributed by atoms with Crippen molar-refractivity contribution >= 4 is 16.7 Å². The molecular weight excluding hydrogens is 318 g/mol. The van der Waals surface area contributed by atoms with Crippen molar-refractivity contribution in [3.63, 3.8) is 0 Å². The van der Waals surface area contributed by atoms with Gasteiger partial charge in [-0.3, -0.25) is 14.2 Å². The van der Waals surface area contributed by atoms with Crippen LogP contribution in [-0.4, -0.2) is 28.6 Å². The molecule has 0 aliphatic carbocycles. The highest BCUT2D eigenvalue weighted by Crippen LogP contribution is 2.24. The van der Waals surface area contributed by atoms with Gasteiger partial charge >= 0.3 is 0 Å². The Balaban J connectivity index is 1.52. The van der Waals surface area contributed by atoms with E-state index in [1.807, 2.05) is 42.5 Å². The second-order valence-corrected chi connectivity index (χ2v) is 5.68. The Bertz CT molecular complexity index is 945. The van der Waals surface area contributed by atoms with E-state index in [1.165, 1.54) is 17.0 Å². The summed E-state index contributed by atoms with van der Waals surface area (Å²) in [6, 6.07) is 15.0. The first kappa shape index (κ1) is 16.7. The number of nitrogens with zero attached hydrogens (tertiary/aromatic N) is 2. The van der Waals surface area contributed by atoms with Gasteiger partial charge in [0, 0.05) is 30.2 Å². The Morgan fingerprint density at radius 1 is 1.20 bits per heavy atom. The van der Waals surface area contributed by atoms with E-state index in [0.29, 0.717) is 24.5 Å². The molecule has 0 saturated heterocycles. The lowest BCUT2D eigenvalue weighted by Gasteiger charge is -2.10. The summed E-state index contributed by atoms with van der Waals surface area (Å²) in [6.45, 7) is 2.39. The topological polar surface area (TPSA) is 73.2 Å². The van der Waals surface area contributed by atoms with Gasteiger partial charge < -0.3 is 10.1 Å². The van der Waals surface area contributed by atoms with Crippen LogP contribution < -0.4 is 15.6 Å². The Morgan fingerprint density at radius 3 is 2.84 bits per heavy atom. The summed E-state index contributed by atoms with van der Waals surface area (Å²) >= 11 is 0. The van der Waals surface area contributed by atoms with Crippen LogP contribution in [0.1, 0.15) is 5.69 Å². The van der Waals surface area contributed by atoms with Gasteiger partial charge in [0.15, 0.2) is 6.61 Å². The molecule has 1 heterocycles. The van der Waals surface area contributed by atoms with Crippen LogP contribution in [0.25, 0.3) is 10.8 Å². The fourth-order valence-corrected chi connectivity index (χ4v) is 2.52. The van der Waals surface area contributed by atoms with Gasteiger partial charge in [0.05, 0.1) is 6.33 Å². The van der Waals surface area contributed by atoms with Crippen molar-refractivity contribution in [3.05, 3.63) is 70.9 Å². The number of carbonyl (C=O) groups is 1. The normalized spacial score (nSPS) is 10.6. The third kappa shape index (κ3) is 4.23. The highest BCUT2D eigenvalue weighted by Gasteiger charge is 2.06. The molecule has 6 nitrogen and oxygen atoms in total. The van der Waals surface area contributed by atoms with E-state index in [9.17, 15) is 9.59 Å². The summed E-state index contributed by atoms with van der Waals surface area (Å²) in [7, 11) is 0. The first-order chi connectivity index (χ1) is 12.1. The predicted octanol–water partition coefficient (Wildman–Crippen LogP) is 1.90. The Labute approximate surface area is 145 Å². The lowest BCUT2D eigenvalue weighted by Crippen LogP contribution is -2.33. The SMILES string of the molecule is Cc1cc(=O)n(CCNC(=O)COc2cccc3ccccc23)cn1. The monoisotopic (exact) mass is 337 g/mol. The molecule has 0 unspecified atom stereocenters. The minimum Gasteiger partial charge on any atom is -0.483 e. The summed E-state index contributed by atoms with van der Waals surface area (Å²) in [4.78, 5) is 27.7. The molecule has 6 heteroatoms. The number of nitrogens with one attached hydrogen (secondary N) is 1. The number of carbonyl (C=O) groups excluding carboxylic acids is 1. The van der Waals surface area contributed by atoms with Crippen molar-refractivity contribution in [2.75, 3.05) is 13.2 Å². The van der Waals surface area contributed by atoms with Crippen LogP contribution in [0, 0.1) is 6.92 Å². The molecule has 0 aliphatic heterocycles. The van der Waals surface area contributed by atoms with Gasteiger partial charge in [-0.15, -0.1) is 0 Å². The van der Waals surface area contributed by atoms with E-state index >= 15 is 0 Å². The number of hydrogen-bond donors (Lipinski definition) is 1. The molecule has 0 saturated carbocycles. The van der Waals surface area contributed by atoms with E-state index in [2.05, 4.69) is 10.3 Å². The molecule has 128 valence electrons. The largest absolute Gasteiger partial charge is 0.483 e. The number of ether oxygens (including phenoxy) is 1. The molecule has 3 rings (SSSR count). The van der Waals surface area contributed by atoms with Gasteiger partial charge in [-0.1, -0.05) is 36.4 Å². The second-order valence-electron chi connectivity index (χ2n) is 5.68. The Kier molecular flexibility index (Phi) is 5.09. The van der Waals surface area contributed by atoms with Crippen LogP contribution >= 0.6 is 0 Å². The molecule has 0 radical (unpaired) electrons. The van der Waals surface area contributed by atoms with Gasteiger partial charge in [-0.05, 0) is 18.4 Å². The van der Waals surface area contributed by atoms with Crippen LogP contribution in [-0.2, 0) is 11.3 Å². The third-order valence-corrected chi connectivity index (χ3v) is 3.80. The molecule has 1 amide bonds. The number of aromatic nitrogens is 2. The van der Waals surface area contributed by atoms with Crippen LogP contribution in [0.3, 0.4) is 0 Å². The van der Waals surface area contributed by atoms with Crippen LogP contribution in [0.2, 0.25) is 0 Å². The molecule has 0 atom stereocenters. The van der Waals surface area contributed by atoms with Gasteiger partial charge in [0.1, 0.15) is 5.75 Å². The molecule has 25 heavy (non-hydrogen) atoms. The molecule has 0 fully saturated rings. The average Bonchev–Trinajstić information content (AvgIpc) is 2.62. The lowest BCUT2D eigenvalue weighted by molar-refractivity contribution is -0.123. The number of benzene rings is 2. The maximum Gasteiger partial charge on any atom is 0.258 e. The smallest absolute Gasteiger partial charge is 0.258 e. The molecule has 2 aromatic carbocycles. The summed E-state index contributed by atoms with van der Waals surface area (Å²) < 4.78 is 7.09. The molecule has 3 aromatic rings. The standard InChI is InChI=1S/C19H19N3O3/c1-14-11-19(24)22(13-21-14)10-9-20-18(23)12-25-17-8-4-6-15-5-2-3-7-16(15)17/h2-8,11,13H,9-10,12H2,1H3,(H,20,23). The minimum atomic E-state index is -0.235. The summed E-state index contributed by atoms with van der Waals surface area (Å²) in [6.07, 6.45) is 1.48. The zero-order valence-corrected chi connectivity index (χ0v) is 13.9. The van der Waals surface area contributed by atoms with Crippen LogP contribution in [0.15, 0.2) is 59.7 Å². The highest BCUT2D eigenvalue weighted by atomic mass is 16.5. The molecule has 0 spiro atoms. The fourth-order valence-electron chi connectivity index (χ4n) is 2.52. The van der Waals surface area contributed by atoms with Crippen molar-refractivity contribution in [1.29, 1.82) is 0 Å². The second kappa shape index (κ2) is 7.61. The van der Waals surface area contributed by atoms with E-state index in [1.54, 1.807) is 6.92 Å². The van der Waals surface area contributed by atoms with Crippen molar-refractivity contribution in [2.45, 2.75) is 13.5 Å². The van der Waals surface area contributed by atoms with Gasteiger partial charge in [-0.2, -0.15) is 0 Å². The first-order valence-electron chi connectivity index (χ1n) is 8.04. The molecule has 0 aliphatic rings. The van der Waals surface area contributed by atoms with Crippen LogP contribution in [0.5, 0.6) is 5.75 Å². The van der Waals surface area contributed by atoms with Gasteiger partial charge in [0.25, 0.3) is 11.5 Å². The van der Waals surface area contributed by atoms with Gasteiger partial charge in [-0.25, -0.2) is 4.98 Å². The minimum absolute atomic E-state index is 0.0744. The number of fused-ring (bicyclic) bond motifs is 1. The number of hydrogen-bond acceptors (Lipinski definition) is 4. The molecule has 0 bridgehead atoms. The number of rotatable bonds is 6. The first-order valence-corrected chi connectivity index (χ1v) is 8.04. The Hall–Kier alpha value is -3.15. The van der Waals surface area contributed by atoms with Crippen LogP contribution in [0.4, 0.5) is 0 Å². The number of amides is 1.